The molecule has 1 aromatic heterocycles. The van der Waals surface area contributed by atoms with E-state index in [1.54, 1.807) is 6.08 Å². The van der Waals surface area contributed by atoms with E-state index in [2.05, 4.69) is 4.98 Å². The lowest BCUT2D eigenvalue weighted by molar-refractivity contribution is 0.0690. The van der Waals surface area contributed by atoms with Gasteiger partial charge in [0.15, 0.2) is 5.69 Å². The highest BCUT2D eigenvalue weighted by Gasteiger charge is 2.07. The van der Waals surface area contributed by atoms with Gasteiger partial charge in [0.2, 0.25) is 5.89 Å². The predicted molar refractivity (Wildman–Crippen MR) is 63.6 cm³/mol. The summed E-state index contributed by atoms with van der Waals surface area (Å²) in [7, 11) is 0. The first-order chi connectivity index (χ1) is 8.15. The average Bonchev–Trinajstić information content (AvgIpc) is 2.77. The fourth-order valence-electron chi connectivity index (χ4n) is 1.31. The molecule has 1 heterocycles. The van der Waals surface area contributed by atoms with Crippen LogP contribution < -0.4 is 0 Å². The van der Waals surface area contributed by atoms with E-state index in [4.69, 9.17) is 9.52 Å². The Hall–Kier alpha value is -2.36. The lowest BCUT2D eigenvalue weighted by atomic mass is 10.1. The smallest absolute Gasteiger partial charge is 0.357 e. The molecule has 0 saturated carbocycles. The summed E-state index contributed by atoms with van der Waals surface area (Å²) in [6.07, 6.45) is 4.57. The molecule has 2 rings (SSSR count). The van der Waals surface area contributed by atoms with Crippen LogP contribution in [0.5, 0.6) is 0 Å². The Morgan fingerprint density at radius 2 is 2.00 bits per heavy atom. The molecule has 1 aromatic carbocycles. The number of carboxylic acids is 1. The zero-order valence-electron chi connectivity index (χ0n) is 9.25. The number of carbonyl (C=O) groups is 1. The van der Waals surface area contributed by atoms with Crippen LogP contribution in [0.3, 0.4) is 0 Å². The van der Waals surface area contributed by atoms with E-state index in [1.165, 1.54) is 5.56 Å². The van der Waals surface area contributed by atoms with Crippen molar-refractivity contribution < 1.29 is 14.3 Å². The maximum Gasteiger partial charge on any atom is 0.357 e. The zero-order valence-corrected chi connectivity index (χ0v) is 9.25. The summed E-state index contributed by atoms with van der Waals surface area (Å²) >= 11 is 0. The second-order valence-electron chi connectivity index (χ2n) is 3.62. The molecular weight excluding hydrogens is 218 g/mol. The van der Waals surface area contributed by atoms with Gasteiger partial charge in [-0.15, -0.1) is 0 Å². The standard InChI is InChI=1S/C13H11NO3/c1-9-2-4-10(5-3-9)6-7-12-14-11(8-17-12)13(15)16/h2-8H,1H3,(H,15,16)/b7-6+. The van der Waals surface area contributed by atoms with E-state index in [1.807, 2.05) is 37.3 Å². The van der Waals surface area contributed by atoms with Crippen molar-refractivity contribution in [3.8, 4) is 0 Å². The third-order valence-electron chi connectivity index (χ3n) is 2.24. The summed E-state index contributed by atoms with van der Waals surface area (Å²) in [4.78, 5) is 14.4. The maximum atomic E-state index is 10.6. The first-order valence-corrected chi connectivity index (χ1v) is 5.09. The van der Waals surface area contributed by atoms with Crippen LogP contribution in [0.25, 0.3) is 12.2 Å². The Morgan fingerprint density at radius 3 is 2.59 bits per heavy atom. The van der Waals surface area contributed by atoms with E-state index in [0.29, 0.717) is 0 Å². The Kier molecular flexibility index (Phi) is 3.05. The van der Waals surface area contributed by atoms with Gasteiger partial charge < -0.3 is 9.52 Å². The average molecular weight is 229 g/mol. The Bertz CT molecular complexity index is 552. The normalized spacial score (nSPS) is 10.9. The summed E-state index contributed by atoms with van der Waals surface area (Å²) < 4.78 is 4.99. The number of oxazole rings is 1. The highest BCUT2D eigenvalue weighted by molar-refractivity contribution is 5.85. The van der Waals surface area contributed by atoms with Gasteiger partial charge in [-0.3, -0.25) is 0 Å². The van der Waals surface area contributed by atoms with Crippen LogP contribution in [0.1, 0.15) is 27.5 Å². The van der Waals surface area contributed by atoms with Crippen LogP contribution >= 0.6 is 0 Å². The highest BCUT2D eigenvalue weighted by Crippen LogP contribution is 2.09. The van der Waals surface area contributed by atoms with Crippen molar-refractivity contribution in [2.45, 2.75) is 6.92 Å². The molecule has 0 aliphatic rings. The third kappa shape index (κ3) is 2.81. The summed E-state index contributed by atoms with van der Waals surface area (Å²) in [6, 6.07) is 7.93. The number of hydrogen-bond donors (Lipinski definition) is 1. The number of nitrogens with zero attached hydrogens (tertiary/aromatic N) is 1. The van der Waals surface area contributed by atoms with Gasteiger partial charge in [0.1, 0.15) is 6.26 Å². The summed E-state index contributed by atoms with van der Waals surface area (Å²) in [5.74, 6) is -0.813. The zero-order chi connectivity index (χ0) is 12.3. The van der Waals surface area contributed by atoms with Crippen LogP contribution in [-0.2, 0) is 0 Å². The lowest BCUT2D eigenvalue weighted by Gasteiger charge is -1.93. The summed E-state index contributed by atoms with van der Waals surface area (Å²) in [5.41, 5.74) is 2.10. The minimum absolute atomic E-state index is 0.0893. The fraction of sp³-hybridized carbons (Fsp3) is 0.0769. The van der Waals surface area contributed by atoms with Gasteiger partial charge in [0, 0.05) is 6.08 Å². The molecule has 0 amide bonds. The predicted octanol–water partition coefficient (Wildman–Crippen LogP) is 2.85. The van der Waals surface area contributed by atoms with E-state index in [0.717, 1.165) is 11.8 Å². The SMILES string of the molecule is Cc1ccc(/C=C/c2nc(C(=O)O)co2)cc1. The first kappa shape index (κ1) is 11.1. The first-order valence-electron chi connectivity index (χ1n) is 5.09. The molecule has 2 aromatic rings. The second-order valence-corrected chi connectivity index (χ2v) is 3.62. The van der Waals surface area contributed by atoms with Gasteiger partial charge in [0.25, 0.3) is 0 Å². The number of aryl methyl sites for hydroxylation is 1. The van der Waals surface area contributed by atoms with Crippen LogP contribution in [0.2, 0.25) is 0 Å². The molecule has 0 bridgehead atoms. The summed E-state index contributed by atoms with van der Waals surface area (Å²) in [6.45, 7) is 2.01. The van der Waals surface area contributed by atoms with E-state index >= 15 is 0 Å². The molecule has 0 fully saturated rings. The molecule has 0 spiro atoms. The van der Waals surface area contributed by atoms with Crippen LogP contribution in [0.4, 0.5) is 0 Å². The molecule has 1 N–H and O–H groups in total. The minimum atomic E-state index is -1.09. The van der Waals surface area contributed by atoms with E-state index < -0.39 is 5.97 Å². The molecule has 0 aliphatic heterocycles. The van der Waals surface area contributed by atoms with Gasteiger partial charge in [-0.2, -0.15) is 0 Å². The molecule has 0 saturated heterocycles. The van der Waals surface area contributed by atoms with Crippen LogP contribution in [-0.4, -0.2) is 16.1 Å². The molecule has 0 unspecified atom stereocenters. The van der Waals surface area contributed by atoms with Crippen molar-refractivity contribution in [1.29, 1.82) is 0 Å². The van der Waals surface area contributed by atoms with Crippen molar-refractivity contribution in [2.24, 2.45) is 0 Å². The molecule has 0 radical (unpaired) electrons. The van der Waals surface area contributed by atoms with Gasteiger partial charge in [0.05, 0.1) is 0 Å². The third-order valence-corrected chi connectivity index (χ3v) is 2.24. The van der Waals surface area contributed by atoms with Crippen molar-refractivity contribution in [2.75, 3.05) is 0 Å². The van der Waals surface area contributed by atoms with Crippen molar-refractivity contribution in [1.82, 2.24) is 4.98 Å². The van der Waals surface area contributed by atoms with Gasteiger partial charge in [-0.05, 0) is 18.6 Å². The van der Waals surface area contributed by atoms with Crippen molar-refractivity contribution >= 4 is 18.1 Å². The lowest BCUT2D eigenvalue weighted by Crippen LogP contribution is -1.95. The second kappa shape index (κ2) is 4.65. The number of aromatic nitrogens is 1. The number of benzene rings is 1. The van der Waals surface area contributed by atoms with Crippen molar-refractivity contribution in [3.63, 3.8) is 0 Å². The van der Waals surface area contributed by atoms with Gasteiger partial charge in [-0.1, -0.05) is 29.8 Å². The number of rotatable bonds is 3. The molecular formula is C13H11NO3. The fourth-order valence-corrected chi connectivity index (χ4v) is 1.31. The van der Waals surface area contributed by atoms with E-state index in [9.17, 15) is 4.79 Å². The van der Waals surface area contributed by atoms with Crippen LogP contribution in [0, 0.1) is 6.92 Å². The number of aromatic carboxylic acids is 1. The van der Waals surface area contributed by atoms with Crippen molar-refractivity contribution in [3.05, 3.63) is 53.2 Å². The molecule has 17 heavy (non-hydrogen) atoms. The minimum Gasteiger partial charge on any atom is -0.476 e. The number of hydrogen-bond acceptors (Lipinski definition) is 3. The van der Waals surface area contributed by atoms with Gasteiger partial charge in [-0.25, -0.2) is 9.78 Å². The molecule has 4 heteroatoms. The maximum absolute atomic E-state index is 10.6. The molecule has 86 valence electrons. The Labute approximate surface area is 98.2 Å². The molecule has 0 aliphatic carbocycles. The summed E-state index contributed by atoms with van der Waals surface area (Å²) in [5, 5.41) is 8.67. The van der Waals surface area contributed by atoms with E-state index in [-0.39, 0.29) is 11.6 Å². The largest absolute Gasteiger partial charge is 0.476 e. The Morgan fingerprint density at radius 1 is 1.29 bits per heavy atom. The van der Waals surface area contributed by atoms with Crippen LogP contribution in [0.15, 0.2) is 34.9 Å². The van der Waals surface area contributed by atoms with Gasteiger partial charge >= 0.3 is 5.97 Å². The quantitative estimate of drug-likeness (QED) is 0.878. The molecule has 0 atom stereocenters. The number of carboxylic acid groups (broad SMARTS) is 1. The Balaban J connectivity index is 2.14. The topological polar surface area (TPSA) is 63.3 Å². The monoisotopic (exact) mass is 229 g/mol. The highest BCUT2D eigenvalue weighted by atomic mass is 16.4. The molecule has 4 nitrogen and oxygen atoms in total.